The Kier molecular flexibility index (Phi) is 5.49. The molecule has 2 rings (SSSR count). The van der Waals surface area contributed by atoms with Crippen LogP contribution in [0.15, 0.2) is 18.2 Å². The molecular weight excluding hydrogens is 308 g/mol. The van der Waals surface area contributed by atoms with Crippen LogP contribution in [0.1, 0.15) is 23.2 Å². The normalized spacial score (nSPS) is 15.3. The zero-order valence-corrected chi connectivity index (χ0v) is 13.4. The summed E-state index contributed by atoms with van der Waals surface area (Å²) < 4.78 is 9.87. The number of rotatable bonds is 3. The van der Waals surface area contributed by atoms with E-state index in [0.717, 1.165) is 0 Å². The van der Waals surface area contributed by atoms with Gasteiger partial charge in [0.1, 0.15) is 5.75 Å². The molecule has 0 spiro atoms. The van der Waals surface area contributed by atoms with E-state index >= 15 is 0 Å². The number of hydrogen-bond donors (Lipinski definition) is 1. The topological polar surface area (TPSA) is 67.9 Å². The molecule has 1 saturated heterocycles. The summed E-state index contributed by atoms with van der Waals surface area (Å²) in [6.07, 6.45) is 1.05. The van der Waals surface area contributed by atoms with Gasteiger partial charge in [-0.2, -0.15) is 0 Å². The van der Waals surface area contributed by atoms with E-state index in [1.807, 2.05) is 0 Å². The predicted molar refractivity (Wildman–Crippen MR) is 82.5 cm³/mol. The highest BCUT2D eigenvalue weighted by Crippen LogP contribution is 2.23. The van der Waals surface area contributed by atoms with Crippen LogP contribution in [0.25, 0.3) is 0 Å². The number of benzene rings is 1. The number of amides is 2. The highest BCUT2D eigenvalue weighted by atomic mass is 35.5. The first-order chi connectivity index (χ1) is 10.5. The Labute approximate surface area is 134 Å². The molecule has 6 nitrogen and oxygen atoms in total. The lowest BCUT2D eigenvalue weighted by Gasteiger charge is -2.31. The van der Waals surface area contributed by atoms with Crippen LogP contribution in [-0.2, 0) is 4.74 Å². The fourth-order valence-corrected chi connectivity index (χ4v) is 2.61. The van der Waals surface area contributed by atoms with E-state index < -0.39 is 0 Å². The molecule has 1 aromatic carbocycles. The zero-order chi connectivity index (χ0) is 16.1. The lowest BCUT2D eigenvalue weighted by Crippen LogP contribution is -2.46. The minimum atomic E-state index is -0.329. The lowest BCUT2D eigenvalue weighted by atomic mass is 10.0. The van der Waals surface area contributed by atoms with Crippen molar-refractivity contribution < 1.29 is 19.1 Å². The van der Waals surface area contributed by atoms with Crippen molar-refractivity contribution in [3.8, 4) is 5.75 Å². The predicted octanol–water partition coefficient (Wildman–Crippen LogP) is 2.31. The van der Waals surface area contributed by atoms with Gasteiger partial charge in [-0.15, -0.1) is 0 Å². The number of ether oxygens (including phenoxy) is 2. The second kappa shape index (κ2) is 7.35. The maximum Gasteiger partial charge on any atom is 0.409 e. The van der Waals surface area contributed by atoms with Crippen molar-refractivity contribution in [1.29, 1.82) is 0 Å². The lowest BCUT2D eigenvalue weighted by molar-refractivity contribution is 0.0889. The number of methoxy groups -OCH3 is 2. The SMILES string of the molecule is COC(=O)N1CCC(NC(=O)c2ccc(Cl)cc2OC)CC1. The van der Waals surface area contributed by atoms with Gasteiger partial charge in [-0.1, -0.05) is 11.6 Å². The number of nitrogens with zero attached hydrogens (tertiary/aromatic N) is 1. The number of hydrogen-bond acceptors (Lipinski definition) is 4. The second-order valence-electron chi connectivity index (χ2n) is 5.05. The number of nitrogens with one attached hydrogen (secondary N) is 1. The van der Waals surface area contributed by atoms with Gasteiger partial charge in [0.25, 0.3) is 5.91 Å². The average Bonchev–Trinajstić information content (AvgIpc) is 2.54. The van der Waals surface area contributed by atoms with Gasteiger partial charge in [0.15, 0.2) is 0 Å². The van der Waals surface area contributed by atoms with E-state index in [0.29, 0.717) is 42.3 Å². The first-order valence-electron chi connectivity index (χ1n) is 7.02. The molecule has 0 unspecified atom stereocenters. The monoisotopic (exact) mass is 326 g/mol. The van der Waals surface area contributed by atoms with Gasteiger partial charge < -0.3 is 19.7 Å². The van der Waals surface area contributed by atoms with E-state index in [1.165, 1.54) is 14.2 Å². The van der Waals surface area contributed by atoms with E-state index in [9.17, 15) is 9.59 Å². The summed E-state index contributed by atoms with van der Waals surface area (Å²) in [5, 5.41) is 3.48. The van der Waals surface area contributed by atoms with Gasteiger partial charge in [-0.05, 0) is 31.0 Å². The van der Waals surface area contributed by atoms with Crippen LogP contribution in [-0.4, -0.2) is 50.3 Å². The first kappa shape index (κ1) is 16.4. The summed E-state index contributed by atoms with van der Waals surface area (Å²) in [7, 11) is 2.86. The largest absolute Gasteiger partial charge is 0.496 e. The molecule has 22 heavy (non-hydrogen) atoms. The van der Waals surface area contributed by atoms with Crippen molar-refractivity contribution in [3.63, 3.8) is 0 Å². The summed E-state index contributed by atoms with van der Waals surface area (Å²) in [6, 6.07) is 4.92. The van der Waals surface area contributed by atoms with Crippen LogP contribution in [0.3, 0.4) is 0 Å². The first-order valence-corrected chi connectivity index (χ1v) is 7.40. The Hall–Kier alpha value is -1.95. The Morgan fingerprint density at radius 1 is 1.27 bits per heavy atom. The fraction of sp³-hybridized carbons (Fsp3) is 0.467. The van der Waals surface area contributed by atoms with Crippen molar-refractivity contribution in [2.45, 2.75) is 18.9 Å². The molecule has 0 aliphatic carbocycles. The molecule has 1 heterocycles. The number of piperidine rings is 1. The molecule has 0 radical (unpaired) electrons. The Morgan fingerprint density at radius 3 is 2.55 bits per heavy atom. The highest BCUT2D eigenvalue weighted by Gasteiger charge is 2.25. The van der Waals surface area contributed by atoms with E-state index in [-0.39, 0.29) is 18.0 Å². The number of likely N-dealkylation sites (tertiary alicyclic amines) is 1. The highest BCUT2D eigenvalue weighted by molar-refractivity contribution is 6.30. The molecule has 120 valence electrons. The van der Waals surface area contributed by atoms with Gasteiger partial charge in [-0.25, -0.2) is 4.79 Å². The summed E-state index contributed by atoms with van der Waals surface area (Å²) in [5.74, 6) is 0.238. The molecular formula is C15H19ClN2O4. The molecule has 1 fully saturated rings. The van der Waals surface area contributed by atoms with Crippen LogP contribution in [0.2, 0.25) is 5.02 Å². The third-order valence-electron chi connectivity index (χ3n) is 3.67. The van der Waals surface area contributed by atoms with E-state index in [1.54, 1.807) is 23.1 Å². The Balaban J connectivity index is 1.95. The third kappa shape index (κ3) is 3.82. The molecule has 0 atom stereocenters. The molecule has 1 aromatic rings. The van der Waals surface area contributed by atoms with Crippen LogP contribution in [0.4, 0.5) is 4.79 Å². The summed E-state index contributed by atoms with van der Waals surface area (Å²) >= 11 is 5.89. The minimum absolute atomic E-state index is 0.0220. The molecule has 7 heteroatoms. The van der Waals surface area contributed by atoms with E-state index in [4.69, 9.17) is 16.3 Å². The quantitative estimate of drug-likeness (QED) is 0.925. The number of halogens is 1. The summed E-state index contributed by atoms with van der Waals surface area (Å²) in [6.45, 7) is 1.13. The van der Waals surface area contributed by atoms with Crippen molar-refractivity contribution >= 4 is 23.6 Å². The minimum Gasteiger partial charge on any atom is -0.496 e. The van der Waals surface area contributed by atoms with Crippen LogP contribution >= 0.6 is 11.6 Å². The molecule has 2 amide bonds. The maximum absolute atomic E-state index is 12.3. The van der Waals surface area contributed by atoms with Gasteiger partial charge in [0.2, 0.25) is 0 Å². The Bertz CT molecular complexity index is 556. The summed E-state index contributed by atoms with van der Waals surface area (Å²) in [5.41, 5.74) is 0.447. The average molecular weight is 327 g/mol. The zero-order valence-electron chi connectivity index (χ0n) is 12.6. The number of carbonyl (C=O) groups excluding carboxylic acids is 2. The van der Waals surface area contributed by atoms with Crippen molar-refractivity contribution in [3.05, 3.63) is 28.8 Å². The van der Waals surface area contributed by atoms with Gasteiger partial charge >= 0.3 is 6.09 Å². The molecule has 0 saturated carbocycles. The van der Waals surface area contributed by atoms with Crippen molar-refractivity contribution in [2.24, 2.45) is 0 Å². The van der Waals surface area contributed by atoms with Gasteiger partial charge in [0, 0.05) is 24.2 Å². The van der Waals surface area contributed by atoms with Crippen molar-refractivity contribution in [1.82, 2.24) is 10.2 Å². The van der Waals surface area contributed by atoms with Crippen LogP contribution < -0.4 is 10.1 Å². The second-order valence-corrected chi connectivity index (χ2v) is 5.49. The van der Waals surface area contributed by atoms with E-state index in [2.05, 4.69) is 10.1 Å². The molecule has 1 N–H and O–H groups in total. The molecule has 1 aliphatic heterocycles. The maximum atomic E-state index is 12.3. The summed E-state index contributed by atoms with van der Waals surface area (Å²) in [4.78, 5) is 25.4. The van der Waals surface area contributed by atoms with Gasteiger partial charge in [-0.3, -0.25) is 4.79 Å². The third-order valence-corrected chi connectivity index (χ3v) is 3.91. The standard InChI is InChI=1S/C15H19ClN2O4/c1-21-13-9-10(16)3-4-12(13)14(19)17-11-5-7-18(8-6-11)15(20)22-2/h3-4,9,11H,5-8H2,1-2H3,(H,17,19). The van der Waals surface area contributed by atoms with Gasteiger partial charge in [0.05, 0.1) is 19.8 Å². The smallest absolute Gasteiger partial charge is 0.409 e. The number of carbonyl (C=O) groups is 2. The Morgan fingerprint density at radius 2 is 1.95 bits per heavy atom. The fourth-order valence-electron chi connectivity index (χ4n) is 2.45. The molecule has 1 aliphatic rings. The molecule has 0 aromatic heterocycles. The van der Waals surface area contributed by atoms with Crippen LogP contribution in [0.5, 0.6) is 5.75 Å². The molecule has 0 bridgehead atoms. The van der Waals surface area contributed by atoms with Crippen molar-refractivity contribution in [2.75, 3.05) is 27.3 Å². The van der Waals surface area contributed by atoms with Crippen LogP contribution in [0, 0.1) is 0 Å².